The van der Waals surface area contributed by atoms with Crippen LogP contribution in [0.3, 0.4) is 0 Å². The Morgan fingerprint density at radius 2 is 1.06 bits per heavy atom. The van der Waals surface area contributed by atoms with Crippen LogP contribution < -0.4 is 4.90 Å². The topological polar surface area (TPSA) is 7.65 Å². The van der Waals surface area contributed by atoms with Crippen LogP contribution in [-0.4, -0.2) is 4.40 Å². The van der Waals surface area contributed by atoms with Gasteiger partial charge in [-0.15, -0.1) is 11.3 Å². The first-order valence-corrected chi connectivity index (χ1v) is 17.5. The standard InChI is InChI=1S/C45H30N2S/c1-45(2)38-15-6-3-10-30(38)31-21-18-29(26-39(31)45)46(28-20-23-43-37(25-28)33-12-5-8-17-42(33)48-43)27-19-22-41-36(24-27)35-14-9-13-34-32-11-4-7-16-40(32)47(41)44(34)35/h3-26H,1-2H3. The van der Waals surface area contributed by atoms with Crippen LogP contribution in [0.5, 0.6) is 0 Å². The predicted molar refractivity (Wildman–Crippen MR) is 206 cm³/mol. The Bertz CT molecular complexity index is 2940. The number of hydrogen-bond donors (Lipinski definition) is 0. The van der Waals surface area contributed by atoms with E-state index in [2.05, 4.69) is 169 Å². The molecule has 0 saturated carbocycles. The van der Waals surface area contributed by atoms with Crippen LogP contribution in [0.25, 0.3) is 69.4 Å². The number of thiophene rings is 1. The highest BCUT2D eigenvalue weighted by Crippen LogP contribution is 2.51. The molecule has 11 rings (SSSR count). The Balaban J connectivity index is 1.18. The van der Waals surface area contributed by atoms with E-state index >= 15 is 0 Å². The molecule has 0 atom stereocenters. The van der Waals surface area contributed by atoms with Crippen LogP contribution in [0.2, 0.25) is 0 Å². The molecular weight excluding hydrogens is 601 g/mol. The number of para-hydroxylation sites is 2. The summed E-state index contributed by atoms with van der Waals surface area (Å²) in [5, 5.41) is 7.82. The summed E-state index contributed by atoms with van der Waals surface area (Å²) in [4.78, 5) is 2.47. The number of benzene rings is 7. The van der Waals surface area contributed by atoms with Gasteiger partial charge in [0, 0.05) is 64.2 Å². The van der Waals surface area contributed by atoms with Crippen LogP contribution in [-0.2, 0) is 5.41 Å². The Morgan fingerprint density at radius 3 is 1.96 bits per heavy atom. The van der Waals surface area contributed by atoms with Gasteiger partial charge in [-0.3, -0.25) is 0 Å². The maximum atomic E-state index is 2.47. The van der Waals surface area contributed by atoms with Gasteiger partial charge in [-0.2, -0.15) is 0 Å². The van der Waals surface area contributed by atoms with Crippen molar-refractivity contribution in [3.05, 3.63) is 157 Å². The third-order valence-electron chi connectivity index (χ3n) is 10.9. The van der Waals surface area contributed by atoms with Crippen molar-refractivity contribution in [3.63, 3.8) is 0 Å². The lowest BCUT2D eigenvalue weighted by molar-refractivity contribution is 0.660. The van der Waals surface area contributed by atoms with Crippen LogP contribution >= 0.6 is 11.3 Å². The zero-order chi connectivity index (χ0) is 31.7. The fraction of sp³-hybridized carbons (Fsp3) is 0.0667. The molecule has 0 spiro atoms. The van der Waals surface area contributed by atoms with Crippen molar-refractivity contribution in [3.8, 4) is 11.1 Å². The minimum absolute atomic E-state index is 0.0840. The van der Waals surface area contributed by atoms with Gasteiger partial charge in [-0.25, -0.2) is 0 Å². The number of anilines is 3. The van der Waals surface area contributed by atoms with Crippen molar-refractivity contribution in [1.29, 1.82) is 0 Å². The first-order chi connectivity index (χ1) is 23.6. The minimum atomic E-state index is -0.0840. The lowest BCUT2D eigenvalue weighted by atomic mass is 9.82. The monoisotopic (exact) mass is 630 g/mol. The zero-order valence-corrected chi connectivity index (χ0v) is 27.5. The average molecular weight is 631 g/mol. The van der Waals surface area contributed by atoms with Crippen LogP contribution in [0, 0.1) is 0 Å². The molecule has 226 valence electrons. The van der Waals surface area contributed by atoms with E-state index in [0.29, 0.717) is 0 Å². The Labute approximate surface area is 282 Å². The summed E-state index contributed by atoms with van der Waals surface area (Å²) in [6, 6.07) is 54.4. The lowest BCUT2D eigenvalue weighted by Gasteiger charge is -2.28. The quantitative estimate of drug-likeness (QED) is 0.188. The van der Waals surface area contributed by atoms with E-state index in [9.17, 15) is 0 Å². The van der Waals surface area contributed by atoms with Gasteiger partial charge in [-0.05, 0) is 82.9 Å². The molecule has 0 aliphatic heterocycles. The molecule has 0 amide bonds. The highest BCUT2D eigenvalue weighted by molar-refractivity contribution is 7.25. The molecule has 2 nitrogen and oxygen atoms in total. The summed E-state index contributed by atoms with van der Waals surface area (Å²) in [6.07, 6.45) is 0. The Morgan fingerprint density at radius 1 is 0.458 bits per heavy atom. The second-order valence-corrected chi connectivity index (χ2v) is 14.9. The maximum absolute atomic E-state index is 2.47. The summed E-state index contributed by atoms with van der Waals surface area (Å²) in [6.45, 7) is 4.73. The number of aromatic nitrogens is 1. The van der Waals surface area contributed by atoms with E-state index in [1.807, 2.05) is 11.3 Å². The first-order valence-electron chi connectivity index (χ1n) is 16.7. The summed E-state index contributed by atoms with van der Waals surface area (Å²) in [5.41, 5.74) is 12.7. The summed E-state index contributed by atoms with van der Waals surface area (Å²) >= 11 is 1.87. The third-order valence-corrected chi connectivity index (χ3v) is 12.1. The zero-order valence-electron chi connectivity index (χ0n) is 26.7. The van der Waals surface area contributed by atoms with Gasteiger partial charge < -0.3 is 9.30 Å². The van der Waals surface area contributed by atoms with Crippen molar-refractivity contribution in [2.24, 2.45) is 0 Å². The van der Waals surface area contributed by atoms with Crippen molar-refractivity contribution < 1.29 is 0 Å². The second-order valence-electron chi connectivity index (χ2n) is 13.8. The third kappa shape index (κ3) is 3.36. The molecule has 1 aliphatic rings. The molecule has 0 saturated heterocycles. The molecule has 3 heterocycles. The van der Waals surface area contributed by atoms with Gasteiger partial charge in [0.1, 0.15) is 0 Å². The van der Waals surface area contributed by atoms with Crippen LogP contribution in [0.15, 0.2) is 146 Å². The van der Waals surface area contributed by atoms with Crippen molar-refractivity contribution >= 4 is 86.7 Å². The molecule has 0 bridgehead atoms. The van der Waals surface area contributed by atoms with Gasteiger partial charge >= 0.3 is 0 Å². The molecule has 3 aromatic heterocycles. The maximum Gasteiger partial charge on any atom is 0.0620 e. The van der Waals surface area contributed by atoms with E-state index in [1.54, 1.807) is 0 Å². The Hall–Kier alpha value is -5.64. The molecule has 0 fully saturated rings. The molecular formula is C45H30N2S. The van der Waals surface area contributed by atoms with E-state index in [4.69, 9.17) is 0 Å². The van der Waals surface area contributed by atoms with E-state index < -0.39 is 0 Å². The molecule has 10 aromatic rings. The fourth-order valence-corrected chi connectivity index (χ4v) is 9.78. The van der Waals surface area contributed by atoms with Gasteiger partial charge in [0.25, 0.3) is 0 Å². The summed E-state index contributed by atoms with van der Waals surface area (Å²) in [7, 11) is 0. The van der Waals surface area contributed by atoms with Crippen LogP contribution in [0.1, 0.15) is 25.0 Å². The second kappa shape index (κ2) is 9.25. The number of hydrogen-bond acceptors (Lipinski definition) is 2. The highest BCUT2D eigenvalue weighted by Gasteiger charge is 2.35. The molecule has 48 heavy (non-hydrogen) atoms. The smallest absolute Gasteiger partial charge is 0.0620 e. The van der Waals surface area contributed by atoms with Crippen LogP contribution in [0.4, 0.5) is 17.1 Å². The molecule has 7 aromatic carbocycles. The van der Waals surface area contributed by atoms with Gasteiger partial charge in [0.15, 0.2) is 0 Å². The van der Waals surface area contributed by atoms with Crippen molar-refractivity contribution in [2.75, 3.05) is 4.90 Å². The van der Waals surface area contributed by atoms with E-state index in [1.165, 1.54) is 91.9 Å². The van der Waals surface area contributed by atoms with Crippen molar-refractivity contribution in [2.45, 2.75) is 19.3 Å². The summed E-state index contributed by atoms with van der Waals surface area (Å²) < 4.78 is 5.10. The van der Waals surface area contributed by atoms with Gasteiger partial charge in [0.05, 0.1) is 16.6 Å². The number of nitrogens with zero attached hydrogens (tertiary/aromatic N) is 2. The fourth-order valence-electron chi connectivity index (χ4n) is 8.69. The first kappa shape index (κ1) is 26.4. The average Bonchev–Trinajstić information content (AvgIpc) is 3.83. The molecule has 3 heteroatoms. The molecule has 0 unspecified atom stereocenters. The largest absolute Gasteiger partial charge is 0.310 e. The number of rotatable bonds is 3. The van der Waals surface area contributed by atoms with Gasteiger partial charge in [-0.1, -0.05) is 98.8 Å². The minimum Gasteiger partial charge on any atom is -0.310 e. The SMILES string of the molecule is CC1(C)c2ccccc2-c2ccc(N(c3ccc4sc5ccccc5c4c3)c3ccc4c(c3)c3cccc5c6ccccc6n4c53)cc21. The predicted octanol–water partition coefficient (Wildman–Crippen LogP) is 13.0. The lowest BCUT2D eigenvalue weighted by Crippen LogP contribution is -2.16. The highest BCUT2D eigenvalue weighted by atomic mass is 32.1. The molecule has 0 radical (unpaired) electrons. The molecule has 1 aliphatic carbocycles. The normalized spacial score (nSPS) is 13.8. The summed E-state index contributed by atoms with van der Waals surface area (Å²) in [5.74, 6) is 0. The van der Waals surface area contributed by atoms with Crippen molar-refractivity contribution in [1.82, 2.24) is 4.40 Å². The van der Waals surface area contributed by atoms with E-state index in [-0.39, 0.29) is 5.41 Å². The van der Waals surface area contributed by atoms with E-state index in [0.717, 1.165) is 5.69 Å². The van der Waals surface area contributed by atoms with Gasteiger partial charge in [0.2, 0.25) is 0 Å². The number of fused-ring (bicyclic) bond motifs is 12. The molecule has 0 N–H and O–H groups in total. The Kier molecular flexibility index (Phi) is 5.09.